The number of carbonyl (C=O) groups is 1. The van der Waals surface area contributed by atoms with Crippen LogP contribution in [0.5, 0.6) is 0 Å². The number of halogens is 2. The van der Waals surface area contributed by atoms with Crippen LogP contribution in [0.4, 0.5) is 14.5 Å². The van der Waals surface area contributed by atoms with E-state index in [9.17, 15) is 18.7 Å². The summed E-state index contributed by atoms with van der Waals surface area (Å²) in [5, 5.41) is 25.0. The standard InChI is InChI=1S/C23H26F2N6O2/c1-13(24)14(2)30-18-8-20(31-6-5-16-7-15(9-26)10-28-21(16)31)27-11-17(18)22(32)29-12-19(25)23(3,4)33/h5-8,10-11,13-14,19,33H,12H2,1-4H3,(H,27,30)(H,29,32). The zero-order valence-corrected chi connectivity index (χ0v) is 18.8. The van der Waals surface area contributed by atoms with E-state index in [1.54, 1.807) is 35.9 Å². The van der Waals surface area contributed by atoms with Crippen LogP contribution in [0.25, 0.3) is 16.9 Å². The molecular formula is C23H26F2N6O2. The van der Waals surface area contributed by atoms with Crippen molar-refractivity contribution in [2.75, 3.05) is 11.9 Å². The van der Waals surface area contributed by atoms with Crippen molar-refractivity contribution < 1.29 is 18.7 Å². The lowest BCUT2D eigenvalue weighted by Crippen LogP contribution is -2.42. The molecule has 0 aliphatic rings. The van der Waals surface area contributed by atoms with Gasteiger partial charge >= 0.3 is 0 Å². The van der Waals surface area contributed by atoms with E-state index in [1.165, 1.54) is 33.2 Å². The molecule has 33 heavy (non-hydrogen) atoms. The van der Waals surface area contributed by atoms with E-state index in [4.69, 9.17) is 5.26 Å². The highest BCUT2D eigenvalue weighted by molar-refractivity contribution is 5.99. The van der Waals surface area contributed by atoms with Crippen LogP contribution in [0.15, 0.2) is 36.8 Å². The minimum Gasteiger partial charge on any atom is -0.387 e. The fraction of sp³-hybridized carbons (Fsp3) is 0.391. The van der Waals surface area contributed by atoms with E-state index in [0.717, 1.165) is 5.39 Å². The minimum absolute atomic E-state index is 0.102. The molecule has 0 bridgehead atoms. The van der Waals surface area contributed by atoms with Gasteiger partial charge in [-0.05, 0) is 39.8 Å². The van der Waals surface area contributed by atoms with Crippen LogP contribution < -0.4 is 10.6 Å². The number of nitriles is 1. The largest absolute Gasteiger partial charge is 0.387 e. The van der Waals surface area contributed by atoms with Gasteiger partial charge in [-0.1, -0.05) is 0 Å². The summed E-state index contributed by atoms with van der Waals surface area (Å²) >= 11 is 0. The van der Waals surface area contributed by atoms with Crippen molar-refractivity contribution in [1.82, 2.24) is 19.9 Å². The van der Waals surface area contributed by atoms with Crippen LogP contribution in [0.2, 0.25) is 0 Å². The summed E-state index contributed by atoms with van der Waals surface area (Å²) in [7, 11) is 0. The Hall–Kier alpha value is -3.58. The molecule has 3 aromatic rings. The molecular weight excluding hydrogens is 430 g/mol. The van der Waals surface area contributed by atoms with E-state index >= 15 is 0 Å². The molecule has 3 rings (SSSR count). The van der Waals surface area contributed by atoms with Crippen molar-refractivity contribution in [1.29, 1.82) is 5.26 Å². The molecule has 3 atom stereocenters. The zero-order valence-electron chi connectivity index (χ0n) is 18.8. The molecule has 0 fully saturated rings. The van der Waals surface area contributed by atoms with Gasteiger partial charge in [0, 0.05) is 30.0 Å². The lowest BCUT2D eigenvalue weighted by atomic mass is 10.0. The Morgan fingerprint density at radius 3 is 2.64 bits per heavy atom. The van der Waals surface area contributed by atoms with E-state index < -0.39 is 36.4 Å². The summed E-state index contributed by atoms with van der Waals surface area (Å²) in [5.41, 5.74) is -0.218. The SMILES string of the molecule is CC(F)C(C)Nc1cc(-n2ccc3cc(C#N)cnc32)ncc1C(=O)NCC(F)C(C)(C)O. The third-order valence-electron chi connectivity index (χ3n) is 5.32. The number of alkyl halides is 2. The van der Waals surface area contributed by atoms with Gasteiger partial charge in [0.05, 0.1) is 35.0 Å². The van der Waals surface area contributed by atoms with Crippen molar-refractivity contribution in [3.8, 4) is 11.9 Å². The fourth-order valence-corrected chi connectivity index (χ4v) is 3.03. The minimum atomic E-state index is -1.68. The molecule has 0 saturated heterocycles. The van der Waals surface area contributed by atoms with Gasteiger partial charge < -0.3 is 15.7 Å². The third kappa shape index (κ3) is 5.43. The topological polar surface area (TPSA) is 116 Å². The molecule has 1 amide bonds. The maximum Gasteiger partial charge on any atom is 0.255 e. The molecule has 10 heteroatoms. The monoisotopic (exact) mass is 456 g/mol. The molecule has 8 nitrogen and oxygen atoms in total. The van der Waals surface area contributed by atoms with Gasteiger partial charge in [-0.15, -0.1) is 0 Å². The summed E-state index contributed by atoms with van der Waals surface area (Å²) in [6, 6.07) is 6.48. The van der Waals surface area contributed by atoms with Gasteiger partial charge in [0.25, 0.3) is 5.91 Å². The van der Waals surface area contributed by atoms with Gasteiger partial charge in [-0.2, -0.15) is 5.26 Å². The molecule has 3 aromatic heterocycles. The Kier molecular flexibility index (Phi) is 6.93. The number of hydrogen-bond donors (Lipinski definition) is 3. The van der Waals surface area contributed by atoms with Crippen LogP contribution in [-0.2, 0) is 0 Å². The second-order valence-corrected chi connectivity index (χ2v) is 8.46. The highest BCUT2D eigenvalue weighted by Crippen LogP contribution is 2.24. The van der Waals surface area contributed by atoms with Crippen LogP contribution >= 0.6 is 0 Å². The van der Waals surface area contributed by atoms with E-state index in [2.05, 4.69) is 20.6 Å². The first kappa shape index (κ1) is 24.1. The number of rotatable bonds is 8. The zero-order chi connectivity index (χ0) is 24.3. The Morgan fingerprint density at radius 2 is 2.00 bits per heavy atom. The number of amides is 1. The number of pyridine rings is 2. The predicted molar refractivity (Wildman–Crippen MR) is 121 cm³/mol. The van der Waals surface area contributed by atoms with Gasteiger partial charge in [0.15, 0.2) is 0 Å². The van der Waals surface area contributed by atoms with Crippen molar-refractivity contribution in [3.63, 3.8) is 0 Å². The number of nitrogens with one attached hydrogen (secondary N) is 2. The number of aromatic nitrogens is 3. The number of anilines is 1. The molecule has 3 heterocycles. The van der Waals surface area contributed by atoms with E-state index in [0.29, 0.717) is 22.7 Å². The quantitative estimate of drug-likeness (QED) is 0.479. The summed E-state index contributed by atoms with van der Waals surface area (Å²) in [6.07, 6.45) is 1.60. The molecule has 0 aliphatic heterocycles. The smallest absolute Gasteiger partial charge is 0.255 e. The Morgan fingerprint density at radius 1 is 1.27 bits per heavy atom. The first-order chi connectivity index (χ1) is 15.5. The average Bonchev–Trinajstić information content (AvgIpc) is 3.19. The van der Waals surface area contributed by atoms with E-state index in [1.807, 2.05) is 6.07 Å². The number of carbonyl (C=O) groups excluding carboxylic acids is 1. The van der Waals surface area contributed by atoms with Crippen LogP contribution in [0, 0.1) is 11.3 Å². The maximum atomic E-state index is 14.1. The molecule has 174 valence electrons. The maximum absolute atomic E-state index is 14.1. The average molecular weight is 456 g/mol. The van der Waals surface area contributed by atoms with E-state index in [-0.39, 0.29) is 5.56 Å². The molecule has 3 N–H and O–H groups in total. The van der Waals surface area contributed by atoms with Crippen molar-refractivity contribution in [2.45, 2.75) is 51.7 Å². The number of fused-ring (bicyclic) bond motifs is 1. The molecule has 0 radical (unpaired) electrons. The van der Waals surface area contributed by atoms with Crippen molar-refractivity contribution in [3.05, 3.63) is 47.9 Å². The van der Waals surface area contributed by atoms with Crippen LogP contribution in [0.1, 0.15) is 43.6 Å². The summed E-state index contributed by atoms with van der Waals surface area (Å²) < 4.78 is 29.6. The summed E-state index contributed by atoms with van der Waals surface area (Å²) in [6.45, 7) is 5.26. The van der Waals surface area contributed by atoms with Crippen LogP contribution in [0.3, 0.4) is 0 Å². The predicted octanol–water partition coefficient (Wildman–Crippen LogP) is 3.29. The second kappa shape index (κ2) is 9.50. The lowest BCUT2D eigenvalue weighted by Gasteiger charge is -2.23. The van der Waals surface area contributed by atoms with Gasteiger partial charge in [-0.25, -0.2) is 18.7 Å². The Balaban J connectivity index is 1.97. The number of hydrogen-bond acceptors (Lipinski definition) is 6. The van der Waals surface area contributed by atoms with Crippen molar-refractivity contribution >= 4 is 22.6 Å². The highest BCUT2D eigenvalue weighted by Gasteiger charge is 2.27. The van der Waals surface area contributed by atoms with Crippen LogP contribution in [-0.4, -0.2) is 56.1 Å². The fourth-order valence-electron chi connectivity index (χ4n) is 3.03. The molecule has 0 saturated carbocycles. The third-order valence-corrected chi connectivity index (χ3v) is 5.32. The van der Waals surface area contributed by atoms with Crippen molar-refractivity contribution in [2.24, 2.45) is 0 Å². The Labute approximate surface area is 190 Å². The number of nitrogens with zero attached hydrogens (tertiary/aromatic N) is 4. The lowest BCUT2D eigenvalue weighted by molar-refractivity contribution is -0.00177. The Bertz CT molecular complexity index is 1200. The van der Waals surface area contributed by atoms with Gasteiger partial charge in [0.2, 0.25) is 0 Å². The molecule has 0 aromatic carbocycles. The first-order valence-electron chi connectivity index (χ1n) is 10.4. The summed E-state index contributed by atoms with van der Waals surface area (Å²) in [5.74, 6) is -0.198. The first-order valence-corrected chi connectivity index (χ1v) is 10.4. The molecule has 3 unspecified atom stereocenters. The molecule has 0 aliphatic carbocycles. The normalized spacial score (nSPS) is 14.4. The van der Waals surface area contributed by atoms with Gasteiger partial charge in [0.1, 0.15) is 29.9 Å². The second-order valence-electron chi connectivity index (χ2n) is 8.46. The number of aliphatic hydroxyl groups is 1. The highest BCUT2D eigenvalue weighted by atomic mass is 19.1. The summed E-state index contributed by atoms with van der Waals surface area (Å²) in [4.78, 5) is 21.4. The molecule has 0 spiro atoms. The van der Waals surface area contributed by atoms with Gasteiger partial charge in [-0.3, -0.25) is 9.36 Å².